The number of rotatable bonds is 4. The lowest BCUT2D eigenvalue weighted by molar-refractivity contribution is -0.114. The van der Waals surface area contributed by atoms with Crippen molar-refractivity contribution in [1.29, 1.82) is 0 Å². The molecule has 7 nitrogen and oxygen atoms in total. The molecular weight excluding hydrogens is 320 g/mol. The summed E-state index contributed by atoms with van der Waals surface area (Å²) in [5.74, 6) is -0.197. The summed E-state index contributed by atoms with van der Waals surface area (Å²) in [5, 5.41) is 2.68. The Balaban J connectivity index is 1.92. The van der Waals surface area contributed by atoms with E-state index in [2.05, 4.69) is 5.32 Å². The molecule has 1 saturated heterocycles. The second-order valence-electron chi connectivity index (χ2n) is 5.99. The van der Waals surface area contributed by atoms with Gasteiger partial charge in [-0.25, -0.2) is 4.79 Å². The summed E-state index contributed by atoms with van der Waals surface area (Å²) in [7, 11) is 0. The molecule has 1 aromatic carbocycles. The van der Waals surface area contributed by atoms with Crippen LogP contribution in [0.1, 0.15) is 31.1 Å². The van der Waals surface area contributed by atoms with Gasteiger partial charge in [0.15, 0.2) is 0 Å². The van der Waals surface area contributed by atoms with Crippen LogP contribution in [-0.4, -0.2) is 71.8 Å². The van der Waals surface area contributed by atoms with Crippen LogP contribution >= 0.6 is 0 Å². The molecule has 1 fully saturated rings. The number of hydrogen-bond donors (Lipinski definition) is 1. The highest BCUT2D eigenvalue weighted by Crippen LogP contribution is 2.14. The van der Waals surface area contributed by atoms with Crippen LogP contribution in [0.2, 0.25) is 0 Å². The maximum Gasteiger partial charge on any atom is 0.320 e. The molecule has 0 atom stereocenters. The molecule has 0 unspecified atom stereocenters. The number of carbonyl (C=O) groups is 3. The first-order valence-corrected chi connectivity index (χ1v) is 8.67. The van der Waals surface area contributed by atoms with Crippen LogP contribution in [0, 0.1) is 0 Å². The van der Waals surface area contributed by atoms with E-state index in [0.717, 1.165) is 0 Å². The highest BCUT2D eigenvalue weighted by molar-refractivity contribution is 5.95. The highest BCUT2D eigenvalue weighted by Gasteiger charge is 2.26. The first-order chi connectivity index (χ1) is 12.0. The van der Waals surface area contributed by atoms with Gasteiger partial charge in [0.1, 0.15) is 0 Å². The lowest BCUT2D eigenvalue weighted by Crippen LogP contribution is -2.54. The van der Waals surface area contributed by atoms with Gasteiger partial charge in [-0.2, -0.15) is 0 Å². The number of benzene rings is 1. The van der Waals surface area contributed by atoms with Crippen molar-refractivity contribution in [2.24, 2.45) is 0 Å². The molecular formula is C18H26N4O3. The number of piperazine rings is 1. The standard InChI is InChI=1S/C18H26N4O3/c1-4-20(5-2)18(25)22-12-10-21(11-13-22)17(24)15-6-8-16(9-7-15)19-14(3)23/h6-9H,4-5,10-13H2,1-3H3,(H,19,23). The Bertz CT molecular complexity index is 618. The van der Waals surface area contributed by atoms with Gasteiger partial charge in [0.05, 0.1) is 0 Å². The summed E-state index contributed by atoms with van der Waals surface area (Å²) in [4.78, 5) is 41.3. The molecule has 1 aliphatic heterocycles. The van der Waals surface area contributed by atoms with Gasteiger partial charge in [0.25, 0.3) is 5.91 Å². The number of nitrogens with one attached hydrogen (secondary N) is 1. The molecule has 1 aliphatic rings. The Morgan fingerprint density at radius 3 is 1.96 bits per heavy atom. The van der Waals surface area contributed by atoms with Gasteiger partial charge in [-0.1, -0.05) is 0 Å². The van der Waals surface area contributed by atoms with Crippen molar-refractivity contribution in [2.45, 2.75) is 20.8 Å². The molecule has 1 aromatic rings. The monoisotopic (exact) mass is 346 g/mol. The summed E-state index contributed by atoms with van der Waals surface area (Å²) in [6.45, 7) is 8.90. The highest BCUT2D eigenvalue weighted by atomic mass is 16.2. The van der Waals surface area contributed by atoms with E-state index in [-0.39, 0.29) is 17.8 Å². The van der Waals surface area contributed by atoms with E-state index < -0.39 is 0 Å². The van der Waals surface area contributed by atoms with Crippen LogP contribution in [0.15, 0.2) is 24.3 Å². The van der Waals surface area contributed by atoms with E-state index in [4.69, 9.17) is 0 Å². The average Bonchev–Trinajstić information content (AvgIpc) is 2.62. The summed E-state index contributed by atoms with van der Waals surface area (Å²) < 4.78 is 0. The number of nitrogens with zero attached hydrogens (tertiary/aromatic N) is 3. The molecule has 0 aromatic heterocycles. The number of carbonyl (C=O) groups excluding carboxylic acids is 3. The maximum absolute atomic E-state index is 12.6. The number of hydrogen-bond acceptors (Lipinski definition) is 3. The molecule has 1 heterocycles. The summed E-state index contributed by atoms with van der Waals surface area (Å²) >= 11 is 0. The number of urea groups is 1. The van der Waals surface area contributed by atoms with Gasteiger partial charge >= 0.3 is 6.03 Å². The van der Waals surface area contributed by atoms with Gasteiger partial charge in [-0.15, -0.1) is 0 Å². The SMILES string of the molecule is CCN(CC)C(=O)N1CCN(C(=O)c2ccc(NC(C)=O)cc2)CC1. The second-order valence-corrected chi connectivity index (χ2v) is 5.99. The first kappa shape index (κ1) is 18.8. The molecule has 0 aliphatic carbocycles. The van der Waals surface area contributed by atoms with Crippen LogP contribution in [-0.2, 0) is 4.79 Å². The smallest absolute Gasteiger partial charge is 0.320 e. The largest absolute Gasteiger partial charge is 0.335 e. The third kappa shape index (κ3) is 4.71. The second kappa shape index (κ2) is 8.50. The van der Waals surface area contributed by atoms with E-state index >= 15 is 0 Å². The lowest BCUT2D eigenvalue weighted by Gasteiger charge is -2.37. The van der Waals surface area contributed by atoms with Crippen molar-refractivity contribution in [3.8, 4) is 0 Å². The van der Waals surface area contributed by atoms with Crippen molar-refractivity contribution >= 4 is 23.5 Å². The zero-order valence-corrected chi connectivity index (χ0v) is 15.1. The molecule has 0 saturated carbocycles. The van der Waals surface area contributed by atoms with Crippen molar-refractivity contribution in [3.63, 3.8) is 0 Å². The molecule has 0 radical (unpaired) electrons. The molecule has 4 amide bonds. The third-order valence-corrected chi connectivity index (χ3v) is 4.32. The minimum atomic E-state index is -0.145. The van der Waals surface area contributed by atoms with E-state index in [1.54, 1.807) is 39.0 Å². The Morgan fingerprint density at radius 2 is 1.48 bits per heavy atom. The Kier molecular flexibility index (Phi) is 6.38. The van der Waals surface area contributed by atoms with E-state index in [1.807, 2.05) is 13.8 Å². The van der Waals surface area contributed by atoms with Crippen molar-refractivity contribution in [2.75, 3.05) is 44.6 Å². The van der Waals surface area contributed by atoms with Crippen LogP contribution in [0.4, 0.5) is 10.5 Å². The van der Waals surface area contributed by atoms with Crippen molar-refractivity contribution in [3.05, 3.63) is 29.8 Å². The Labute approximate surface area is 148 Å². The minimum absolute atomic E-state index is 0.0387. The molecule has 0 bridgehead atoms. The zero-order chi connectivity index (χ0) is 18.4. The zero-order valence-electron chi connectivity index (χ0n) is 15.1. The van der Waals surface area contributed by atoms with Crippen molar-refractivity contribution in [1.82, 2.24) is 14.7 Å². The fourth-order valence-corrected chi connectivity index (χ4v) is 2.88. The number of amides is 4. The lowest BCUT2D eigenvalue weighted by atomic mass is 10.1. The van der Waals surface area contributed by atoms with E-state index in [9.17, 15) is 14.4 Å². The molecule has 136 valence electrons. The molecule has 2 rings (SSSR count). The van der Waals surface area contributed by atoms with Gasteiger partial charge in [0.2, 0.25) is 5.91 Å². The summed E-state index contributed by atoms with van der Waals surface area (Å²) in [5.41, 5.74) is 1.25. The molecule has 0 spiro atoms. The van der Waals surface area contributed by atoms with E-state index in [0.29, 0.717) is 50.5 Å². The van der Waals surface area contributed by atoms with Crippen molar-refractivity contribution < 1.29 is 14.4 Å². The first-order valence-electron chi connectivity index (χ1n) is 8.67. The normalized spacial score (nSPS) is 14.2. The van der Waals surface area contributed by atoms with Gasteiger partial charge in [0, 0.05) is 57.4 Å². The molecule has 1 N–H and O–H groups in total. The fourth-order valence-electron chi connectivity index (χ4n) is 2.88. The quantitative estimate of drug-likeness (QED) is 0.904. The Morgan fingerprint density at radius 1 is 0.960 bits per heavy atom. The Hall–Kier alpha value is -2.57. The summed E-state index contributed by atoms with van der Waals surface area (Å²) in [6, 6.07) is 6.89. The van der Waals surface area contributed by atoms with Gasteiger partial charge < -0.3 is 20.0 Å². The predicted octanol–water partition coefficient (Wildman–Crippen LogP) is 1.86. The molecule has 25 heavy (non-hydrogen) atoms. The predicted molar refractivity (Wildman–Crippen MR) is 96.5 cm³/mol. The average molecular weight is 346 g/mol. The summed E-state index contributed by atoms with van der Waals surface area (Å²) in [6.07, 6.45) is 0. The van der Waals surface area contributed by atoms with Crippen LogP contribution in [0.25, 0.3) is 0 Å². The van der Waals surface area contributed by atoms with Crippen LogP contribution in [0.5, 0.6) is 0 Å². The van der Waals surface area contributed by atoms with Crippen LogP contribution < -0.4 is 5.32 Å². The minimum Gasteiger partial charge on any atom is -0.335 e. The maximum atomic E-state index is 12.6. The fraction of sp³-hybridized carbons (Fsp3) is 0.500. The van der Waals surface area contributed by atoms with Gasteiger partial charge in [-0.05, 0) is 38.1 Å². The number of anilines is 1. The topological polar surface area (TPSA) is 73.0 Å². The third-order valence-electron chi connectivity index (χ3n) is 4.32. The van der Waals surface area contributed by atoms with Gasteiger partial charge in [-0.3, -0.25) is 9.59 Å². The molecule has 7 heteroatoms. The van der Waals surface area contributed by atoms with E-state index in [1.165, 1.54) is 6.92 Å². The van der Waals surface area contributed by atoms with Crippen LogP contribution in [0.3, 0.4) is 0 Å².